The van der Waals surface area contributed by atoms with Gasteiger partial charge in [-0.05, 0) is 30.5 Å². The molecule has 1 aliphatic carbocycles. The van der Waals surface area contributed by atoms with E-state index in [0.29, 0.717) is 24.3 Å². The van der Waals surface area contributed by atoms with E-state index in [1.54, 1.807) is 6.07 Å². The Labute approximate surface area is 191 Å². The molecular weight excluding hydrogens is 433 g/mol. The molecule has 0 amide bonds. The normalized spacial score (nSPS) is 16.7. The second kappa shape index (κ2) is 8.92. The van der Waals surface area contributed by atoms with E-state index in [2.05, 4.69) is 17.0 Å². The molecule has 1 saturated carbocycles. The Morgan fingerprint density at radius 1 is 1.06 bits per heavy atom. The topological polar surface area (TPSA) is 65.8 Å². The molecule has 0 spiro atoms. The largest absolute Gasteiger partial charge is 0.477 e. The smallest absolute Gasteiger partial charge is 0.341 e. The van der Waals surface area contributed by atoms with E-state index in [0.717, 1.165) is 32.5 Å². The Morgan fingerprint density at radius 2 is 1.75 bits per heavy atom. The molecule has 0 bridgehead atoms. The SMILES string of the molecule is Cl.O=C(O)c1cn(C2CC2)c2cc(N3CCN(Cc4ccccc4)CC3)c(F)cc2c1=O. The zero-order valence-electron chi connectivity index (χ0n) is 17.5. The Kier molecular flexibility index (Phi) is 6.22. The number of rotatable bonds is 5. The minimum atomic E-state index is -1.28. The van der Waals surface area contributed by atoms with Crippen LogP contribution in [0.3, 0.4) is 0 Å². The van der Waals surface area contributed by atoms with Crippen LogP contribution in [0.25, 0.3) is 10.9 Å². The molecule has 1 N–H and O–H groups in total. The van der Waals surface area contributed by atoms with Gasteiger partial charge < -0.3 is 14.6 Å². The maximum atomic E-state index is 15.1. The number of aromatic nitrogens is 1. The summed E-state index contributed by atoms with van der Waals surface area (Å²) >= 11 is 0. The van der Waals surface area contributed by atoms with Crippen molar-refractivity contribution in [3.63, 3.8) is 0 Å². The number of nitrogens with zero attached hydrogens (tertiary/aromatic N) is 3. The van der Waals surface area contributed by atoms with Gasteiger partial charge in [0, 0.05) is 50.3 Å². The molecule has 32 heavy (non-hydrogen) atoms. The Bertz CT molecular complexity index is 1200. The lowest BCUT2D eigenvalue weighted by Crippen LogP contribution is -2.46. The number of fused-ring (bicyclic) bond motifs is 1. The average Bonchev–Trinajstić information content (AvgIpc) is 3.60. The van der Waals surface area contributed by atoms with Crippen LogP contribution in [0.2, 0.25) is 0 Å². The standard InChI is InChI=1S/C24H24FN3O3.ClH/c25-20-12-18-21(28(17-6-7-17)15-19(23(18)29)24(30)31)13-22(20)27-10-8-26(9-11-27)14-16-4-2-1-3-5-16;/h1-5,12-13,15,17H,6-11,14H2,(H,30,31);1H. The van der Waals surface area contributed by atoms with E-state index in [-0.39, 0.29) is 29.4 Å². The predicted octanol–water partition coefficient (Wildman–Crippen LogP) is 3.92. The second-order valence-electron chi connectivity index (χ2n) is 8.39. The van der Waals surface area contributed by atoms with Crippen molar-refractivity contribution in [2.45, 2.75) is 25.4 Å². The summed E-state index contributed by atoms with van der Waals surface area (Å²) in [6, 6.07) is 13.4. The molecule has 1 aliphatic heterocycles. The van der Waals surface area contributed by atoms with Gasteiger partial charge in [0.15, 0.2) is 0 Å². The molecular formula is C24H25ClFN3O3. The first-order chi connectivity index (χ1) is 15.0. The van der Waals surface area contributed by atoms with Crippen LogP contribution >= 0.6 is 12.4 Å². The molecule has 0 radical (unpaired) electrons. The number of hydrogen-bond acceptors (Lipinski definition) is 4. The highest BCUT2D eigenvalue weighted by atomic mass is 35.5. The highest BCUT2D eigenvalue weighted by Crippen LogP contribution is 2.38. The van der Waals surface area contributed by atoms with Crippen molar-refractivity contribution < 1.29 is 14.3 Å². The van der Waals surface area contributed by atoms with Crippen molar-refractivity contribution in [1.29, 1.82) is 0 Å². The highest BCUT2D eigenvalue weighted by molar-refractivity contribution is 5.93. The minimum Gasteiger partial charge on any atom is -0.477 e. The number of carbonyl (C=O) groups is 1. The third-order valence-electron chi connectivity index (χ3n) is 6.23. The number of piperazine rings is 1. The summed E-state index contributed by atoms with van der Waals surface area (Å²) in [5.41, 5.74) is 1.42. The van der Waals surface area contributed by atoms with Gasteiger partial charge in [0.1, 0.15) is 11.4 Å². The van der Waals surface area contributed by atoms with Gasteiger partial charge in [-0.3, -0.25) is 9.69 Å². The second-order valence-corrected chi connectivity index (χ2v) is 8.39. The van der Waals surface area contributed by atoms with E-state index < -0.39 is 17.2 Å². The maximum absolute atomic E-state index is 15.1. The van der Waals surface area contributed by atoms with Crippen LogP contribution < -0.4 is 10.3 Å². The Morgan fingerprint density at radius 3 is 2.38 bits per heavy atom. The van der Waals surface area contributed by atoms with E-state index in [4.69, 9.17) is 0 Å². The molecule has 168 valence electrons. The van der Waals surface area contributed by atoms with Crippen LogP contribution in [-0.4, -0.2) is 46.7 Å². The zero-order chi connectivity index (χ0) is 21.5. The molecule has 2 aliphatic rings. The summed E-state index contributed by atoms with van der Waals surface area (Å²) in [5, 5.41) is 9.53. The molecule has 2 fully saturated rings. The van der Waals surface area contributed by atoms with Crippen molar-refractivity contribution in [3.05, 3.63) is 75.8 Å². The lowest BCUT2D eigenvalue weighted by atomic mass is 10.1. The van der Waals surface area contributed by atoms with Gasteiger partial charge in [0.25, 0.3) is 0 Å². The molecule has 6 nitrogen and oxygen atoms in total. The van der Waals surface area contributed by atoms with E-state index in [9.17, 15) is 14.7 Å². The molecule has 5 rings (SSSR count). The maximum Gasteiger partial charge on any atom is 0.341 e. The molecule has 0 unspecified atom stereocenters. The number of aromatic carboxylic acids is 1. The van der Waals surface area contributed by atoms with E-state index in [1.165, 1.54) is 17.8 Å². The van der Waals surface area contributed by atoms with Crippen LogP contribution in [0.15, 0.2) is 53.5 Å². The molecule has 2 heterocycles. The van der Waals surface area contributed by atoms with E-state index in [1.807, 2.05) is 27.7 Å². The van der Waals surface area contributed by atoms with Gasteiger partial charge in [-0.15, -0.1) is 12.4 Å². The molecule has 2 aromatic carbocycles. The monoisotopic (exact) mass is 457 g/mol. The van der Waals surface area contributed by atoms with Gasteiger partial charge in [0.05, 0.1) is 11.2 Å². The predicted molar refractivity (Wildman–Crippen MR) is 125 cm³/mol. The number of hydrogen-bond donors (Lipinski definition) is 1. The molecule has 3 aromatic rings. The van der Waals surface area contributed by atoms with Gasteiger partial charge in [-0.1, -0.05) is 30.3 Å². The zero-order valence-corrected chi connectivity index (χ0v) is 18.4. The molecule has 0 atom stereocenters. The Balaban J connectivity index is 0.00000245. The lowest BCUT2D eigenvalue weighted by Gasteiger charge is -2.36. The highest BCUT2D eigenvalue weighted by Gasteiger charge is 2.28. The third-order valence-corrected chi connectivity index (χ3v) is 6.23. The summed E-state index contributed by atoms with van der Waals surface area (Å²) < 4.78 is 16.9. The fraction of sp³-hybridized carbons (Fsp3) is 0.333. The van der Waals surface area contributed by atoms with Gasteiger partial charge in [-0.25, -0.2) is 9.18 Å². The summed E-state index contributed by atoms with van der Waals surface area (Å²) in [7, 11) is 0. The average molecular weight is 458 g/mol. The number of carboxylic acid groups (broad SMARTS) is 1. The van der Waals surface area contributed by atoms with Gasteiger partial charge in [0.2, 0.25) is 5.43 Å². The van der Waals surface area contributed by atoms with Crippen molar-refractivity contribution in [3.8, 4) is 0 Å². The number of halogens is 2. The Hall–Kier alpha value is -2.90. The summed E-state index contributed by atoms with van der Waals surface area (Å²) in [6.45, 7) is 3.89. The lowest BCUT2D eigenvalue weighted by molar-refractivity contribution is 0.0695. The molecule has 1 saturated heterocycles. The van der Waals surface area contributed by atoms with Crippen LogP contribution in [0, 0.1) is 5.82 Å². The van der Waals surface area contributed by atoms with Gasteiger partial charge >= 0.3 is 5.97 Å². The number of pyridine rings is 1. The summed E-state index contributed by atoms with van der Waals surface area (Å²) in [6.07, 6.45) is 3.29. The molecule has 1 aromatic heterocycles. The fourth-order valence-electron chi connectivity index (χ4n) is 4.40. The quantitative estimate of drug-likeness (QED) is 0.629. The van der Waals surface area contributed by atoms with Gasteiger partial charge in [-0.2, -0.15) is 0 Å². The van der Waals surface area contributed by atoms with Crippen LogP contribution in [0.4, 0.5) is 10.1 Å². The minimum absolute atomic E-state index is 0. The number of carboxylic acids is 1. The van der Waals surface area contributed by atoms with Crippen molar-refractivity contribution in [2.75, 3.05) is 31.1 Å². The van der Waals surface area contributed by atoms with Crippen molar-refractivity contribution in [2.24, 2.45) is 0 Å². The molecule has 8 heteroatoms. The summed E-state index contributed by atoms with van der Waals surface area (Å²) in [5.74, 6) is -1.76. The van der Waals surface area contributed by atoms with Crippen molar-refractivity contribution in [1.82, 2.24) is 9.47 Å². The first-order valence-corrected chi connectivity index (χ1v) is 10.6. The van der Waals surface area contributed by atoms with Crippen LogP contribution in [0.5, 0.6) is 0 Å². The number of benzene rings is 2. The third kappa shape index (κ3) is 4.23. The van der Waals surface area contributed by atoms with Crippen LogP contribution in [-0.2, 0) is 6.54 Å². The fourth-order valence-corrected chi connectivity index (χ4v) is 4.40. The first-order valence-electron chi connectivity index (χ1n) is 10.6. The first kappa shape index (κ1) is 22.3. The summed E-state index contributed by atoms with van der Waals surface area (Å²) in [4.78, 5) is 28.5. The number of anilines is 1. The van der Waals surface area contributed by atoms with E-state index >= 15 is 4.39 Å². The van der Waals surface area contributed by atoms with Crippen molar-refractivity contribution >= 4 is 35.0 Å². The van der Waals surface area contributed by atoms with Crippen LogP contribution in [0.1, 0.15) is 34.8 Å².